The molecule has 6 heteroatoms. The summed E-state index contributed by atoms with van der Waals surface area (Å²) in [7, 11) is 0. The SMILES string of the molecule is CCCCCC[C@@H]1C(=O)O[C@H]1C[C@H](CCCCCCCCC(C)C)OC(=O)[C@H](CC(C)C)NC=O. The lowest BCUT2D eigenvalue weighted by Gasteiger charge is -2.37. The molecule has 1 aliphatic heterocycles. The molecule has 0 aromatic heterocycles. The highest BCUT2D eigenvalue weighted by molar-refractivity contribution is 5.79. The summed E-state index contributed by atoms with van der Waals surface area (Å²) in [5.41, 5.74) is 0. The van der Waals surface area contributed by atoms with Crippen molar-refractivity contribution >= 4 is 18.3 Å². The Labute approximate surface area is 214 Å². The first-order valence-electron chi connectivity index (χ1n) is 14.4. The van der Waals surface area contributed by atoms with Crippen molar-refractivity contribution in [2.24, 2.45) is 17.8 Å². The Bertz CT molecular complexity index is 592. The zero-order valence-electron chi connectivity index (χ0n) is 23.2. The zero-order chi connectivity index (χ0) is 26.1. The maximum Gasteiger partial charge on any atom is 0.328 e. The third-order valence-corrected chi connectivity index (χ3v) is 6.98. The number of esters is 2. The standard InChI is InChI=1S/C29H53NO5/c1-6-7-8-15-18-25-27(35-28(25)32)20-24(17-14-12-10-9-11-13-16-22(2)3)34-29(33)26(30-21-31)19-23(4)5/h21-27H,6-20H2,1-5H3,(H,30,31)/t24-,25-,26-,27-/m0/s1. The van der Waals surface area contributed by atoms with E-state index in [9.17, 15) is 14.4 Å². The molecule has 1 saturated heterocycles. The number of carbonyl (C=O) groups excluding carboxylic acids is 3. The average molecular weight is 496 g/mol. The summed E-state index contributed by atoms with van der Waals surface area (Å²) in [5, 5.41) is 2.62. The second-order valence-corrected chi connectivity index (χ2v) is 11.3. The molecule has 35 heavy (non-hydrogen) atoms. The molecule has 1 fully saturated rings. The molecule has 0 aromatic carbocycles. The second kappa shape index (κ2) is 18.6. The minimum atomic E-state index is -0.635. The van der Waals surface area contributed by atoms with E-state index in [1.807, 2.05) is 13.8 Å². The third kappa shape index (κ3) is 13.9. The van der Waals surface area contributed by atoms with Crippen molar-refractivity contribution in [2.75, 3.05) is 0 Å². The Morgan fingerprint density at radius 3 is 2.14 bits per heavy atom. The Hall–Kier alpha value is -1.59. The molecule has 0 aliphatic carbocycles. The highest BCUT2D eigenvalue weighted by Crippen LogP contribution is 2.32. The van der Waals surface area contributed by atoms with E-state index in [2.05, 4.69) is 26.1 Å². The van der Waals surface area contributed by atoms with Gasteiger partial charge in [-0.15, -0.1) is 0 Å². The molecular formula is C29H53NO5. The molecule has 1 amide bonds. The first-order valence-corrected chi connectivity index (χ1v) is 14.4. The molecule has 1 aliphatic rings. The summed E-state index contributed by atoms with van der Waals surface area (Å²) in [5.74, 6) is 0.463. The van der Waals surface area contributed by atoms with Gasteiger partial charge in [-0.1, -0.05) is 98.8 Å². The Morgan fingerprint density at radius 1 is 0.943 bits per heavy atom. The van der Waals surface area contributed by atoms with Gasteiger partial charge in [0.15, 0.2) is 0 Å². The maximum atomic E-state index is 12.9. The van der Waals surface area contributed by atoms with E-state index in [-0.39, 0.29) is 36.0 Å². The molecule has 0 saturated carbocycles. The van der Waals surface area contributed by atoms with Crippen LogP contribution in [0.2, 0.25) is 0 Å². The number of rotatable bonds is 22. The molecule has 0 radical (unpaired) electrons. The van der Waals surface area contributed by atoms with Crippen LogP contribution in [0.15, 0.2) is 0 Å². The zero-order valence-corrected chi connectivity index (χ0v) is 23.2. The quantitative estimate of drug-likeness (QED) is 0.102. The van der Waals surface area contributed by atoms with Crippen LogP contribution >= 0.6 is 0 Å². The molecule has 0 aromatic rings. The number of nitrogens with one attached hydrogen (secondary N) is 1. The fraction of sp³-hybridized carbons (Fsp3) is 0.897. The maximum absolute atomic E-state index is 12.9. The summed E-state index contributed by atoms with van der Waals surface area (Å²) >= 11 is 0. The molecule has 0 spiro atoms. The van der Waals surface area contributed by atoms with E-state index in [0.717, 1.165) is 44.4 Å². The van der Waals surface area contributed by atoms with Gasteiger partial charge in [-0.2, -0.15) is 0 Å². The van der Waals surface area contributed by atoms with Crippen LogP contribution in [0.3, 0.4) is 0 Å². The van der Waals surface area contributed by atoms with Crippen molar-refractivity contribution in [2.45, 2.75) is 149 Å². The van der Waals surface area contributed by atoms with Gasteiger partial charge in [-0.3, -0.25) is 9.59 Å². The first-order chi connectivity index (χ1) is 16.8. The highest BCUT2D eigenvalue weighted by Gasteiger charge is 2.43. The van der Waals surface area contributed by atoms with Crippen LogP contribution in [-0.2, 0) is 23.9 Å². The predicted octanol–water partition coefficient (Wildman–Crippen LogP) is 6.74. The van der Waals surface area contributed by atoms with E-state index in [4.69, 9.17) is 9.47 Å². The van der Waals surface area contributed by atoms with Crippen LogP contribution in [0.1, 0.15) is 131 Å². The van der Waals surface area contributed by atoms with Crippen molar-refractivity contribution < 1.29 is 23.9 Å². The van der Waals surface area contributed by atoms with Crippen molar-refractivity contribution in [1.29, 1.82) is 0 Å². The van der Waals surface area contributed by atoms with Gasteiger partial charge in [0.05, 0.1) is 5.92 Å². The van der Waals surface area contributed by atoms with E-state index >= 15 is 0 Å². The van der Waals surface area contributed by atoms with E-state index in [0.29, 0.717) is 19.3 Å². The molecule has 0 bridgehead atoms. The number of unbranched alkanes of at least 4 members (excludes halogenated alkanes) is 8. The van der Waals surface area contributed by atoms with Crippen molar-refractivity contribution in [3.05, 3.63) is 0 Å². The number of cyclic esters (lactones) is 1. The van der Waals surface area contributed by atoms with E-state index < -0.39 is 6.04 Å². The predicted molar refractivity (Wildman–Crippen MR) is 141 cm³/mol. The van der Waals surface area contributed by atoms with Crippen LogP contribution in [0.5, 0.6) is 0 Å². The van der Waals surface area contributed by atoms with Gasteiger partial charge in [0.1, 0.15) is 18.2 Å². The average Bonchev–Trinajstić information content (AvgIpc) is 2.79. The van der Waals surface area contributed by atoms with Gasteiger partial charge in [-0.25, -0.2) is 4.79 Å². The van der Waals surface area contributed by atoms with Crippen LogP contribution in [0, 0.1) is 17.8 Å². The third-order valence-electron chi connectivity index (χ3n) is 6.98. The minimum absolute atomic E-state index is 0.0754. The first kappa shape index (κ1) is 31.4. The number of amides is 1. The van der Waals surface area contributed by atoms with Gasteiger partial charge in [0.2, 0.25) is 6.41 Å². The summed E-state index contributed by atoms with van der Waals surface area (Å²) in [6.45, 7) is 10.8. The Balaban J connectivity index is 2.59. The second-order valence-electron chi connectivity index (χ2n) is 11.3. The summed E-state index contributed by atoms with van der Waals surface area (Å²) < 4.78 is 11.4. The molecule has 1 rings (SSSR count). The van der Waals surface area contributed by atoms with Crippen LogP contribution in [0.25, 0.3) is 0 Å². The topological polar surface area (TPSA) is 81.7 Å². The fourth-order valence-electron chi connectivity index (χ4n) is 4.85. The van der Waals surface area contributed by atoms with Gasteiger partial charge >= 0.3 is 11.9 Å². The molecule has 6 nitrogen and oxygen atoms in total. The van der Waals surface area contributed by atoms with E-state index in [1.54, 1.807) is 0 Å². The van der Waals surface area contributed by atoms with Gasteiger partial charge in [0.25, 0.3) is 0 Å². The molecule has 1 N–H and O–H groups in total. The lowest BCUT2D eigenvalue weighted by atomic mass is 9.86. The number of ether oxygens (including phenoxy) is 2. The number of hydrogen-bond donors (Lipinski definition) is 1. The van der Waals surface area contributed by atoms with Gasteiger partial charge in [0, 0.05) is 6.42 Å². The number of hydrogen-bond acceptors (Lipinski definition) is 5. The van der Waals surface area contributed by atoms with Crippen molar-refractivity contribution in [3.8, 4) is 0 Å². The highest BCUT2D eigenvalue weighted by atomic mass is 16.6. The Kier molecular flexibility index (Phi) is 16.8. The van der Waals surface area contributed by atoms with Crippen molar-refractivity contribution in [1.82, 2.24) is 5.32 Å². The van der Waals surface area contributed by atoms with Crippen LogP contribution in [-0.4, -0.2) is 36.6 Å². The van der Waals surface area contributed by atoms with Gasteiger partial charge < -0.3 is 14.8 Å². The largest absolute Gasteiger partial charge is 0.461 e. The normalized spacial score (nSPS) is 19.2. The van der Waals surface area contributed by atoms with Crippen LogP contribution < -0.4 is 5.32 Å². The summed E-state index contributed by atoms with van der Waals surface area (Å²) in [6.07, 6.45) is 15.8. The summed E-state index contributed by atoms with van der Waals surface area (Å²) in [6, 6.07) is -0.635. The monoisotopic (exact) mass is 495 g/mol. The molecule has 204 valence electrons. The minimum Gasteiger partial charge on any atom is -0.461 e. The number of carbonyl (C=O) groups is 3. The fourth-order valence-corrected chi connectivity index (χ4v) is 4.85. The smallest absolute Gasteiger partial charge is 0.328 e. The molecule has 0 unspecified atom stereocenters. The lowest BCUT2D eigenvalue weighted by molar-refractivity contribution is -0.190. The molecule has 1 heterocycles. The van der Waals surface area contributed by atoms with Gasteiger partial charge in [-0.05, 0) is 37.5 Å². The molecule has 4 atom stereocenters. The van der Waals surface area contributed by atoms with Crippen LogP contribution in [0.4, 0.5) is 0 Å². The van der Waals surface area contributed by atoms with E-state index in [1.165, 1.54) is 44.9 Å². The van der Waals surface area contributed by atoms with Crippen molar-refractivity contribution in [3.63, 3.8) is 0 Å². The lowest BCUT2D eigenvalue weighted by Crippen LogP contribution is -2.48. The summed E-state index contributed by atoms with van der Waals surface area (Å²) in [4.78, 5) is 36.0. The molecular weight excluding hydrogens is 442 g/mol. The Morgan fingerprint density at radius 2 is 1.57 bits per heavy atom.